The average molecular weight is 485 g/mol. The fourth-order valence-electron chi connectivity index (χ4n) is 3.60. The van der Waals surface area contributed by atoms with Crippen LogP contribution in [0.25, 0.3) is 11.2 Å². The van der Waals surface area contributed by atoms with Crippen molar-refractivity contribution in [2.75, 3.05) is 11.5 Å². The molecule has 2 amide bonds. The molecule has 1 saturated heterocycles. The number of nitrogens with one attached hydrogen (secondary N) is 2. The molecule has 5 N–H and O–H groups in total. The van der Waals surface area contributed by atoms with Gasteiger partial charge in [0.25, 0.3) is 5.91 Å². The van der Waals surface area contributed by atoms with Crippen molar-refractivity contribution >= 4 is 58.4 Å². The Hall–Kier alpha value is -3.65. The summed E-state index contributed by atoms with van der Waals surface area (Å²) in [6.45, 7) is 0. The van der Waals surface area contributed by atoms with Crippen LogP contribution in [-0.2, 0) is 20.8 Å². The second kappa shape index (κ2) is 8.37. The molecule has 14 heteroatoms. The molecule has 2 atom stereocenters. The third-order valence-corrected chi connectivity index (χ3v) is 7.57. The third kappa shape index (κ3) is 3.87. The van der Waals surface area contributed by atoms with Crippen molar-refractivity contribution in [3.05, 3.63) is 46.5 Å². The third-order valence-electron chi connectivity index (χ3n) is 5.05. The first-order valence-corrected chi connectivity index (χ1v) is 11.5. The van der Waals surface area contributed by atoms with E-state index in [9.17, 15) is 19.5 Å². The average Bonchev–Trinajstić information content (AvgIpc) is 3.26. The molecule has 1 aromatic carbocycles. The summed E-state index contributed by atoms with van der Waals surface area (Å²) in [5, 5.41) is 22.7. The van der Waals surface area contributed by atoms with Crippen LogP contribution < -0.4 is 11.1 Å². The van der Waals surface area contributed by atoms with E-state index in [4.69, 9.17) is 5.73 Å². The second-order valence-electron chi connectivity index (χ2n) is 7.18. The molecule has 4 heterocycles. The number of amides is 2. The molecule has 0 aliphatic carbocycles. The van der Waals surface area contributed by atoms with Crippen LogP contribution in [0.3, 0.4) is 0 Å². The van der Waals surface area contributed by atoms with Crippen LogP contribution in [0.4, 0.5) is 5.95 Å². The first-order valence-electron chi connectivity index (χ1n) is 9.68. The number of nitrogens with two attached hydrogens (primary N) is 1. The van der Waals surface area contributed by atoms with Crippen LogP contribution in [0.2, 0.25) is 0 Å². The molecule has 12 nitrogen and oxygen atoms in total. The van der Waals surface area contributed by atoms with Gasteiger partial charge in [-0.3, -0.25) is 14.5 Å². The summed E-state index contributed by atoms with van der Waals surface area (Å²) in [5.74, 6) is -1.75. The summed E-state index contributed by atoms with van der Waals surface area (Å²) in [5.41, 5.74) is 7.01. The van der Waals surface area contributed by atoms with Gasteiger partial charge in [-0.2, -0.15) is 15.3 Å². The van der Waals surface area contributed by atoms with Gasteiger partial charge in [0.2, 0.25) is 17.5 Å². The van der Waals surface area contributed by atoms with Crippen LogP contribution in [0.1, 0.15) is 5.56 Å². The Balaban J connectivity index is 1.36. The van der Waals surface area contributed by atoms with Gasteiger partial charge in [-0.15, -0.1) is 16.9 Å². The highest BCUT2D eigenvalue weighted by molar-refractivity contribution is 8.06. The molecule has 2 aliphatic rings. The molecule has 33 heavy (non-hydrogen) atoms. The number of aromatic nitrogens is 5. The van der Waals surface area contributed by atoms with E-state index in [1.54, 1.807) is 0 Å². The summed E-state index contributed by atoms with van der Waals surface area (Å²) >= 11 is 2.41. The maximum Gasteiger partial charge on any atom is 0.353 e. The molecule has 0 saturated carbocycles. The molecule has 168 valence electrons. The Morgan fingerprint density at radius 2 is 2.06 bits per heavy atom. The van der Waals surface area contributed by atoms with E-state index in [-0.39, 0.29) is 29.6 Å². The number of carbonyl (C=O) groups excluding carboxylic acids is 2. The Labute approximate surface area is 194 Å². The van der Waals surface area contributed by atoms with Gasteiger partial charge in [-0.05, 0) is 5.56 Å². The normalized spacial score (nSPS) is 19.9. The van der Waals surface area contributed by atoms with Crippen LogP contribution in [-0.4, -0.2) is 70.3 Å². The lowest BCUT2D eigenvalue weighted by molar-refractivity contribution is -0.150. The number of carbonyl (C=O) groups is 3. The van der Waals surface area contributed by atoms with Gasteiger partial charge >= 0.3 is 5.97 Å². The number of carboxylic acid groups (broad SMARTS) is 1. The number of hydrogen-bond donors (Lipinski definition) is 4. The number of hydrogen-bond acceptors (Lipinski definition) is 10. The molecule has 0 bridgehead atoms. The largest absolute Gasteiger partial charge is 0.477 e. The van der Waals surface area contributed by atoms with Gasteiger partial charge in [0, 0.05) is 10.7 Å². The first-order chi connectivity index (χ1) is 15.9. The van der Waals surface area contributed by atoms with Crippen molar-refractivity contribution in [3.63, 3.8) is 0 Å². The summed E-state index contributed by atoms with van der Waals surface area (Å²) < 4.78 is 0. The van der Waals surface area contributed by atoms with Gasteiger partial charge < -0.3 is 16.2 Å². The van der Waals surface area contributed by atoms with Crippen molar-refractivity contribution in [3.8, 4) is 0 Å². The molecular formula is C19H16N8O4S2. The number of anilines is 1. The number of aliphatic carboxylic acids is 1. The lowest BCUT2D eigenvalue weighted by atomic mass is 10.0. The van der Waals surface area contributed by atoms with Crippen molar-refractivity contribution in [2.45, 2.75) is 22.9 Å². The zero-order valence-corrected chi connectivity index (χ0v) is 18.4. The van der Waals surface area contributed by atoms with Gasteiger partial charge in [0.05, 0.1) is 6.42 Å². The highest BCUT2D eigenvalue weighted by atomic mass is 32.2. The molecule has 0 radical (unpaired) electrons. The maximum absolute atomic E-state index is 12.8. The summed E-state index contributed by atoms with van der Waals surface area (Å²) in [6, 6.07) is 8.37. The standard InChI is InChI=1S/C19H16N8O4S2/c20-19-22-14-11(24-26-25-14)15(23-19)33-9-7-32-17-12(16(29)27(17)13(9)18(30)31)21-10(28)6-8-4-2-1-3-5-8/h1-5,12,17H,6-7H2,(H,21,28)(H,30,31)(H3,20,22,23,24,25,26)/t12?,17-/m1/s1. The van der Waals surface area contributed by atoms with E-state index in [2.05, 4.69) is 30.7 Å². The smallest absolute Gasteiger partial charge is 0.353 e. The van der Waals surface area contributed by atoms with E-state index in [1.807, 2.05) is 30.3 Å². The van der Waals surface area contributed by atoms with Gasteiger partial charge in [-0.25, -0.2) is 9.78 Å². The van der Waals surface area contributed by atoms with E-state index in [0.717, 1.165) is 17.3 Å². The number of β-lactam (4-membered cyclic amide) rings is 1. The van der Waals surface area contributed by atoms with E-state index >= 15 is 0 Å². The van der Waals surface area contributed by atoms with Gasteiger partial charge in [0.15, 0.2) is 5.52 Å². The van der Waals surface area contributed by atoms with Crippen LogP contribution in [0.15, 0.2) is 46.0 Å². The topological polar surface area (TPSA) is 180 Å². The lowest BCUT2D eigenvalue weighted by Crippen LogP contribution is -2.70. The minimum atomic E-state index is -1.25. The van der Waals surface area contributed by atoms with Crippen LogP contribution in [0, 0.1) is 0 Å². The highest BCUT2D eigenvalue weighted by Crippen LogP contribution is 2.45. The number of nitrogen functional groups attached to an aromatic ring is 1. The molecule has 3 aromatic rings. The zero-order valence-electron chi connectivity index (χ0n) is 16.8. The Bertz CT molecular complexity index is 1310. The SMILES string of the molecule is Nc1nc(SC2=C(C(=O)O)N3C(=O)C(NC(=O)Cc4ccccc4)[C@H]3SC2)c2n[nH]nc2n1. The number of rotatable bonds is 6. The summed E-state index contributed by atoms with van der Waals surface area (Å²) in [6.07, 6.45) is 0.133. The minimum Gasteiger partial charge on any atom is -0.477 e. The Morgan fingerprint density at radius 1 is 1.27 bits per heavy atom. The second-order valence-corrected chi connectivity index (χ2v) is 9.37. The summed E-state index contributed by atoms with van der Waals surface area (Å²) in [7, 11) is 0. The monoisotopic (exact) mass is 484 g/mol. The maximum atomic E-state index is 12.8. The van der Waals surface area contributed by atoms with Gasteiger partial charge in [0.1, 0.15) is 22.1 Å². The van der Waals surface area contributed by atoms with Crippen molar-refractivity contribution in [2.24, 2.45) is 0 Å². The van der Waals surface area contributed by atoms with Crippen molar-refractivity contribution < 1.29 is 19.5 Å². The minimum absolute atomic E-state index is 0.0288. The molecule has 2 aromatic heterocycles. The highest BCUT2D eigenvalue weighted by Gasteiger charge is 2.54. The Morgan fingerprint density at radius 3 is 2.82 bits per heavy atom. The molecular weight excluding hydrogens is 468 g/mol. The summed E-state index contributed by atoms with van der Waals surface area (Å²) in [4.78, 5) is 47.1. The Kier molecular flexibility index (Phi) is 5.38. The zero-order chi connectivity index (χ0) is 23.1. The fraction of sp³-hybridized carbons (Fsp3) is 0.211. The molecule has 0 spiro atoms. The quantitative estimate of drug-likeness (QED) is 0.280. The fourth-order valence-corrected chi connectivity index (χ4v) is 6.12. The number of thioether (sulfide) groups is 2. The molecule has 1 unspecified atom stereocenters. The molecule has 1 fully saturated rings. The predicted octanol–water partition coefficient (Wildman–Crippen LogP) is 0.361. The first kappa shape index (κ1) is 21.2. The van der Waals surface area contributed by atoms with Crippen molar-refractivity contribution in [1.29, 1.82) is 0 Å². The van der Waals surface area contributed by atoms with E-state index in [0.29, 0.717) is 21.2 Å². The number of nitrogens with zero attached hydrogens (tertiary/aromatic N) is 5. The molecule has 2 aliphatic heterocycles. The number of H-pyrrole nitrogens is 1. The lowest BCUT2D eigenvalue weighted by Gasteiger charge is -2.49. The van der Waals surface area contributed by atoms with Crippen molar-refractivity contribution in [1.82, 2.24) is 35.6 Å². The number of aromatic amines is 1. The van der Waals surface area contributed by atoms with Crippen LogP contribution in [0.5, 0.6) is 0 Å². The number of carboxylic acids is 1. The van der Waals surface area contributed by atoms with Crippen LogP contribution >= 0.6 is 23.5 Å². The van der Waals surface area contributed by atoms with Gasteiger partial charge in [-0.1, -0.05) is 42.1 Å². The predicted molar refractivity (Wildman–Crippen MR) is 120 cm³/mol. The van der Waals surface area contributed by atoms with E-state index in [1.165, 1.54) is 16.7 Å². The molecule has 5 rings (SSSR count). The number of fused-ring (bicyclic) bond motifs is 2. The number of benzene rings is 1. The van der Waals surface area contributed by atoms with E-state index < -0.39 is 23.3 Å².